The molecule has 0 aliphatic rings. The van der Waals surface area contributed by atoms with Crippen molar-refractivity contribution in [2.45, 2.75) is 26.8 Å². The summed E-state index contributed by atoms with van der Waals surface area (Å²) in [5.74, 6) is -0.330. The van der Waals surface area contributed by atoms with Gasteiger partial charge in [0.15, 0.2) is 0 Å². The molecule has 2 aromatic carbocycles. The predicted octanol–water partition coefficient (Wildman–Crippen LogP) is 4.52. The van der Waals surface area contributed by atoms with Gasteiger partial charge in [0.05, 0.1) is 10.6 Å². The Bertz CT molecular complexity index is 666. The van der Waals surface area contributed by atoms with Gasteiger partial charge in [0.2, 0.25) is 0 Å². The van der Waals surface area contributed by atoms with Gasteiger partial charge in [0.1, 0.15) is 5.82 Å². The molecule has 0 fully saturated rings. The second-order valence-corrected chi connectivity index (χ2v) is 5.10. The van der Waals surface area contributed by atoms with Gasteiger partial charge in [-0.05, 0) is 38.0 Å². The van der Waals surface area contributed by atoms with Crippen molar-refractivity contribution in [1.82, 2.24) is 0 Å². The Morgan fingerprint density at radius 1 is 1.19 bits per heavy atom. The Morgan fingerprint density at radius 3 is 2.52 bits per heavy atom. The first-order valence-corrected chi connectivity index (χ1v) is 6.66. The molecule has 1 unspecified atom stereocenters. The summed E-state index contributed by atoms with van der Waals surface area (Å²) < 4.78 is 13.8. The van der Waals surface area contributed by atoms with Gasteiger partial charge in [0.25, 0.3) is 5.69 Å². The number of nitrogens with zero attached hydrogens (tertiary/aromatic N) is 1. The van der Waals surface area contributed by atoms with E-state index in [0.29, 0.717) is 11.3 Å². The van der Waals surface area contributed by atoms with Crippen molar-refractivity contribution in [3.8, 4) is 0 Å². The highest BCUT2D eigenvalue weighted by Gasteiger charge is 2.16. The number of nitrogens with one attached hydrogen (secondary N) is 1. The molecule has 0 aliphatic heterocycles. The molecule has 0 saturated heterocycles. The molecule has 1 N–H and O–H groups in total. The molecule has 0 aliphatic carbocycles. The second-order valence-electron chi connectivity index (χ2n) is 5.10. The first-order chi connectivity index (χ1) is 9.90. The van der Waals surface area contributed by atoms with Gasteiger partial charge in [-0.2, -0.15) is 0 Å². The van der Waals surface area contributed by atoms with E-state index in [1.165, 1.54) is 12.1 Å². The summed E-state index contributed by atoms with van der Waals surface area (Å²) in [5, 5.41) is 14.1. The second kappa shape index (κ2) is 5.91. The Kier molecular flexibility index (Phi) is 4.21. The Morgan fingerprint density at radius 2 is 1.90 bits per heavy atom. The lowest BCUT2D eigenvalue weighted by atomic mass is 10.0. The van der Waals surface area contributed by atoms with Gasteiger partial charge in [0, 0.05) is 17.7 Å². The third kappa shape index (κ3) is 3.18. The van der Waals surface area contributed by atoms with Crippen LogP contribution < -0.4 is 5.32 Å². The van der Waals surface area contributed by atoms with Gasteiger partial charge in [-0.25, -0.2) is 4.39 Å². The lowest BCUT2D eigenvalue weighted by Crippen LogP contribution is -2.09. The average molecular weight is 288 g/mol. The highest BCUT2D eigenvalue weighted by molar-refractivity contribution is 5.54. The van der Waals surface area contributed by atoms with E-state index in [-0.39, 0.29) is 17.5 Å². The third-order valence-electron chi connectivity index (χ3n) is 3.51. The molecule has 21 heavy (non-hydrogen) atoms. The summed E-state index contributed by atoms with van der Waals surface area (Å²) in [6, 6.07) is 9.67. The van der Waals surface area contributed by atoms with Gasteiger partial charge in [-0.15, -0.1) is 0 Å². The molecular formula is C16H17FN2O2. The van der Waals surface area contributed by atoms with Gasteiger partial charge in [-0.1, -0.05) is 24.3 Å². The van der Waals surface area contributed by atoms with E-state index < -0.39 is 4.92 Å². The van der Waals surface area contributed by atoms with Crippen molar-refractivity contribution in [2.24, 2.45) is 0 Å². The lowest BCUT2D eigenvalue weighted by Gasteiger charge is -2.18. The van der Waals surface area contributed by atoms with Crippen molar-refractivity contribution < 1.29 is 9.31 Å². The van der Waals surface area contributed by atoms with Gasteiger partial charge in [-0.3, -0.25) is 10.1 Å². The number of hydrogen-bond donors (Lipinski definition) is 1. The number of nitro benzene ring substituents is 1. The van der Waals surface area contributed by atoms with Crippen molar-refractivity contribution >= 4 is 11.4 Å². The number of para-hydroxylation sites is 1. The molecule has 5 heteroatoms. The molecule has 0 amide bonds. The fraction of sp³-hybridized carbons (Fsp3) is 0.250. The maximum atomic E-state index is 13.8. The highest BCUT2D eigenvalue weighted by Crippen LogP contribution is 2.28. The summed E-state index contributed by atoms with van der Waals surface area (Å²) in [4.78, 5) is 10.6. The Hall–Kier alpha value is -2.43. The molecule has 0 spiro atoms. The van der Waals surface area contributed by atoms with Crippen LogP contribution in [-0.4, -0.2) is 4.92 Å². The van der Waals surface area contributed by atoms with E-state index in [0.717, 1.165) is 11.1 Å². The van der Waals surface area contributed by atoms with E-state index in [9.17, 15) is 14.5 Å². The number of halogens is 1. The zero-order valence-corrected chi connectivity index (χ0v) is 12.2. The van der Waals surface area contributed by atoms with Crippen molar-refractivity contribution in [3.05, 3.63) is 69.0 Å². The minimum Gasteiger partial charge on any atom is -0.376 e. The zero-order valence-electron chi connectivity index (χ0n) is 12.2. The topological polar surface area (TPSA) is 55.2 Å². The molecule has 1 atom stereocenters. The average Bonchev–Trinajstić information content (AvgIpc) is 2.43. The number of benzene rings is 2. The molecule has 2 rings (SSSR count). The molecule has 0 aromatic heterocycles. The van der Waals surface area contributed by atoms with Crippen molar-refractivity contribution in [1.29, 1.82) is 0 Å². The molecule has 4 nitrogen and oxygen atoms in total. The normalized spacial score (nSPS) is 12.0. The van der Waals surface area contributed by atoms with E-state index in [4.69, 9.17) is 0 Å². The fourth-order valence-electron chi connectivity index (χ4n) is 2.21. The number of rotatable bonds is 4. The highest BCUT2D eigenvalue weighted by atomic mass is 19.1. The number of anilines is 1. The van der Waals surface area contributed by atoms with Crippen molar-refractivity contribution in [2.75, 3.05) is 5.32 Å². The molecule has 0 saturated carbocycles. The van der Waals surface area contributed by atoms with Crippen LogP contribution in [0.3, 0.4) is 0 Å². The molecule has 110 valence electrons. The van der Waals surface area contributed by atoms with Crippen LogP contribution in [-0.2, 0) is 0 Å². The van der Waals surface area contributed by atoms with E-state index >= 15 is 0 Å². The number of aryl methyl sites for hydroxylation is 2. The first-order valence-electron chi connectivity index (χ1n) is 6.66. The minimum atomic E-state index is -0.403. The maximum Gasteiger partial charge on any atom is 0.272 e. The van der Waals surface area contributed by atoms with Crippen LogP contribution in [0.4, 0.5) is 15.8 Å². The van der Waals surface area contributed by atoms with Crippen LogP contribution in [0.2, 0.25) is 0 Å². The standard InChI is InChI=1S/C16H17FN2O2/c1-10-7-8-13(9-15(10)19(20)21)12(3)18-16-11(2)5-4-6-14(16)17/h4-9,12,18H,1-3H3. The fourth-order valence-corrected chi connectivity index (χ4v) is 2.21. The van der Waals surface area contributed by atoms with Crippen molar-refractivity contribution in [3.63, 3.8) is 0 Å². The Labute approximate surface area is 122 Å². The quantitative estimate of drug-likeness (QED) is 0.664. The number of hydrogen-bond acceptors (Lipinski definition) is 3. The first kappa shape index (κ1) is 15.0. The Balaban J connectivity index is 2.31. The minimum absolute atomic E-state index is 0.0754. The molecule has 2 aromatic rings. The van der Waals surface area contributed by atoms with Crippen LogP contribution in [0.25, 0.3) is 0 Å². The van der Waals surface area contributed by atoms with Crippen LogP contribution in [0.15, 0.2) is 36.4 Å². The van der Waals surface area contributed by atoms with Gasteiger partial charge >= 0.3 is 0 Å². The predicted molar refractivity (Wildman–Crippen MR) is 81.0 cm³/mol. The maximum absolute atomic E-state index is 13.8. The van der Waals surface area contributed by atoms with Crippen LogP contribution in [0.5, 0.6) is 0 Å². The van der Waals surface area contributed by atoms with E-state index in [1.807, 2.05) is 26.0 Å². The smallest absolute Gasteiger partial charge is 0.272 e. The molecule has 0 heterocycles. The summed E-state index contributed by atoms with van der Waals surface area (Å²) in [5.41, 5.74) is 2.65. The number of nitro groups is 1. The van der Waals surface area contributed by atoms with E-state index in [1.54, 1.807) is 19.1 Å². The molecular weight excluding hydrogens is 271 g/mol. The lowest BCUT2D eigenvalue weighted by molar-refractivity contribution is -0.385. The monoisotopic (exact) mass is 288 g/mol. The van der Waals surface area contributed by atoms with Crippen LogP contribution in [0.1, 0.15) is 29.7 Å². The summed E-state index contributed by atoms with van der Waals surface area (Å²) >= 11 is 0. The van der Waals surface area contributed by atoms with Crippen LogP contribution >= 0.6 is 0 Å². The SMILES string of the molecule is Cc1ccc(C(C)Nc2c(C)cccc2F)cc1[N+](=O)[O-]. The third-order valence-corrected chi connectivity index (χ3v) is 3.51. The summed E-state index contributed by atoms with van der Waals surface area (Å²) in [6.45, 7) is 5.36. The largest absolute Gasteiger partial charge is 0.376 e. The van der Waals surface area contributed by atoms with E-state index in [2.05, 4.69) is 5.32 Å². The summed E-state index contributed by atoms with van der Waals surface area (Å²) in [6.07, 6.45) is 0. The van der Waals surface area contributed by atoms with Crippen LogP contribution in [0, 0.1) is 29.8 Å². The zero-order chi connectivity index (χ0) is 15.6. The summed E-state index contributed by atoms with van der Waals surface area (Å²) in [7, 11) is 0. The molecule has 0 bridgehead atoms. The van der Waals surface area contributed by atoms with Gasteiger partial charge < -0.3 is 5.32 Å². The molecule has 0 radical (unpaired) electrons.